The second kappa shape index (κ2) is 4.24. The lowest BCUT2D eigenvalue weighted by Gasteiger charge is -2.18. The van der Waals surface area contributed by atoms with E-state index in [1.807, 2.05) is 11.8 Å². The molecule has 0 aliphatic carbocycles. The van der Waals surface area contributed by atoms with E-state index >= 15 is 0 Å². The minimum atomic E-state index is 1.09. The van der Waals surface area contributed by atoms with Gasteiger partial charge in [0, 0.05) is 9.79 Å². The maximum atomic E-state index is 4.86. The Morgan fingerprint density at radius 3 is 2.47 bits per heavy atom. The van der Waals surface area contributed by atoms with Crippen LogP contribution in [0.25, 0.3) is 6.58 Å². The number of benzene rings is 2. The van der Waals surface area contributed by atoms with Gasteiger partial charge in [0.15, 0.2) is 0 Å². The molecular weight excluding hydrogens is 250 g/mol. The number of hydrogen-bond acceptors (Lipinski definition) is 2. The molecule has 0 bridgehead atoms. The van der Waals surface area contributed by atoms with Crippen molar-refractivity contribution < 1.29 is 0 Å². The number of fused-ring (bicyclic) bond motifs is 2. The topological polar surface area (TPSA) is 12.4 Å². The fourth-order valence-corrected chi connectivity index (χ4v) is 3.71. The first-order chi connectivity index (χ1) is 8.99. The van der Waals surface area contributed by atoms with Crippen molar-refractivity contribution >= 4 is 24.0 Å². The van der Waals surface area contributed by atoms with Crippen LogP contribution >= 0.6 is 11.8 Å². The second-order valence-corrected chi connectivity index (χ2v) is 6.27. The maximum Gasteiger partial charge on any atom is 0.0811 e. The van der Waals surface area contributed by atoms with Crippen LogP contribution in [0.1, 0.15) is 22.3 Å². The zero-order chi connectivity index (χ0) is 13.7. The van der Waals surface area contributed by atoms with E-state index in [0.29, 0.717) is 0 Å². The highest BCUT2D eigenvalue weighted by Crippen LogP contribution is 2.38. The standard InChI is InChI=1S/C17H17NS/c1-9-6-7-14-15(8-9)19-17-13(5)11(3)10(2)12(4)16(17)18-14/h6-8H,3H2,1-2,4-5H3. The Labute approximate surface area is 118 Å². The van der Waals surface area contributed by atoms with Crippen molar-refractivity contribution in [3.05, 3.63) is 51.0 Å². The third-order valence-corrected chi connectivity index (χ3v) is 5.19. The molecule has 2 aromatic carbocycles. The highest BCUT2D eigenvalue weighted by molar-refractivity contribution is 7.99. The number of rotatable bonds is 0. The smallest absolute Gasteiger partial charge is 0.0811 e. The molecule has 96 valence electrons. The summed E-state index contributed by atoms with van der Waals surface area (Å²) in [5.41, 5.74) is 6.14. The Hall–Kier alpha value is -1.54. The fraction of sp³-hybridized carbons (Fsp3) is 0.235. The van der Waals surface area contributed by atoms with E-state index in [9.17, 15) is 0 Å². The van der Waals surface area contributed by atoms with Gasteiger partial charge in [0.1, 0.15) is 0 Å². The zero-order valence-corrected chi connectivity index (χ0v) is 12.6. The maximum absolute atomic E-state index is 4.86. The van der Waals surface area contributed by atoms with Gasteiger partial charge >= 0.3 is 0 Å². The predicted octanol–water partition coefficient (Wildman–Crippen LogP) is 3.75. The molecule has 0 aromatic heterocycles. The van der Waals surface area contributed by atoms with Crippen molar-refractivity contribution in [2.75, 3.05) is 0 Å². The Bertz CT molecular complexity index is 803. The lowest BCUT2D eigenvalue weighted by molar-refractivity contribution is 1.05. The fourth-order valence-electron chi connectivity index (χ4n) is 2.46. The van der Waals surface area contributed by atoms with Gasteiger partial charge in [-0.05, 0) is 67.3 Å². The Morgan fingerprint density at radius 1 is 1.00 bits per heavy atom. The van der Waals surface area contributed by atoms with Crippen LogP contribution in [0, 0.1) is 27.7 Å². The minimum absolute atomic E-state index is 1.09. The Balaban J connectivity index is 2.42. The average molecular weight is 267 g/mol. The Kier molecular flexibility index (Phi) is 2.79. The van der Waals surface area contributed by atoms with Crippen LogP contribution in [0.4, 0.5) is 5.69 Å². The predicted molar refractivity (Wildman–Crippen MR) is 81.9 cm³/mol. The third-order valence-electron chi connectivity index (χ3n) is 3.94. The highest BCUT2D eigenvalue weighted by atomic mass is 32.2. The molecule has 1 aliphatic rings. The van der Waals surface area contributed by atoms with Crippen molar-refractivity contribution in [3.8, 4) is 0 Å². The molecule has 0 saturated carbocycles. The number of hydrogen-bond donors (Lipinski definition) is 0. The lowest BCUT2D eigenvalue weighted by Crippen LogP contribution is -2.24. The first-order valence-corrected chi connectivity index (χ1v) is 7.26. The molecule has 0 saturated heterocycles. The van der Waals surface area contributed by atoms with Crippen LogP contribution in [0.5, 0.6) is 0 Å². The van der Waals surface area contributed by atoms with Crippen LogP contribution in [-0.2, 0) is 0 Å². The summed E-state index contributed by atoms with van der Waals surface area (Å²) in [6.45, 7) is 12.8. The minimum Gasteiger partial charge on any atom is -0.246 e. The molecule has 19 heavy (non-hydrogen) atoms. The first kappa shape index (κ1) is 12.5. The lowest BCUT2D eigenvalue weighted by atomic mass is 10.0. The summed E-state index contributed by atoms with van der Waals surface area (Å²) in [5, 5.41) is 2.28. The summed E-state index contributed by atoms with van der Waals surface area (Å²) >= 11 is 1.83. The number of aryl methyl sites for hydroxylation is 1. The highest BCUT2D eigenvalue weighted by Gasteiger charge is 2.17. The molecule has 0 fully saturated rings. The molecule has 0 spiro atoms. The molecule has 3 rings (SSSR count). The summed E-state index contributed by atoms with van der Waals surface area (Å²) < 4.78 is 0. The van der Waals surface area contributed by atoms with Gasteiger partial charge in [-0.15, -0.1) is 0 Å². The van der Waals surface area contributed by atoms with Crippen molar-refractivity contribution in [1.82, 2.24) is 0 Å². The van der Waals surface area contributed by atoms with E-state index in [-0.39, 0.29) is 0 Å². The van der Waals surface area contributed by atoms with Gasteiger partial charge in [0.2, 0.25) is 0 Å². The number of nitrogens with zero attached hydrogens (tertiary/aromatic N) is 1. The van der Waals surface area contributed by atoms with Gasteiger partial charge in [-0.3, -0.25) is 0 Å². The third kappa shape index (κ3) is 1.82. The van der Waals surface area contributed by atoms with Gasteiger partial charge < -0.3 is 0 Å². The largest absolute Gasteiger partial charge is 0.246 e. The average Bonchev–Trinajstić information content (AvgIpc) is 2.41. The molecule has 0 N–H and O–H groups in total. The van der Waals surface area contributed by atoms with E-state index < -0.39 is 0 Å². The van der Waals surface area contributed by atoms with Crippen molar-refractivity contribution in [3.63, 3.8) is 0 Å². The molecule has 1 nitrogen and oxygen atoms in total. The van der Waals surface area contributed by atoms with Crippen molar-refractivity contribution in [2.24, 2.45) is 4.99 Å². The van der Waals surface area contributed by atoms with Gasteiger partial charge in [-0.2, -0.15) is 0 Å². The monoisotopic (exact) mass is 267 g/mol. The second-order valence-electron chi connectivity index (χ2n) is 5.22. The first-order valence-electron chi connectivity index (χ1n) is 6.45. The van der Waals surface area contributed by atoms with Gasteiger partial charge in [-0.25, -0.2) is 4.99 Å². The van der Waals surface area contributed by atoms with E-state index in [4.69, 9.17) is 4.99 Å². The SMILES string of the molecule is C=c1c(C)c(C)c2c(c1C)Sc1cc(C)ccc1N=2. The van der Waals surface area contributed by atoms with E-state index in [1.165, 1.54) is 32.0 Å². The van der Waals surface area contributed by atoms with Crippen LogP contribution in [0.3, 0.4) is 0 Å². The summed E-state index contributed by atoms with van der Waals surface area (Å²) in [5.74, 6) is 0. The van der Waals surface area contributed by atoms with E-state index in [2.05, 4.69) is 52.5 Å². The summed E-state index contributed by atoms with van der Waals surface area (Å²) in [6, 6.07) is 6.45. The van der Waals surface area contributed by atoms with E-state index in [0.717, 1.165) is 16.3 Å². The molecule has 2 aromatic rings. The summed E-state index contributed by atoms with van der Waals surface area (Å²) in [6.07, 6.45) is 0. The molecule has 0 radical (unpaired) electrons. The van der Waals surface area contributed by atoms with E-state index in [1.54, 1.807) is 0 Å². The van der Waals surface area contributed by atoms with Crippen LogP contribution in [-0.4, -0.2) is 0 Å². The molecule has 0 unspecified atom stereocenters. The van der Waals surface area contributed by atoms with Gasteiger partial charge in [-0.1, -0.05) is 24.4 Å². The molecule has 2 heteroatoms. The summed E-state index contributed by atoms with van der Waals surface area (Å²) in [4.78, 5) is 7.38. The van der Waals surface area contributed by atoms with Gasteiger partial charge in [0.25, 0.3) is 0 Å². The zero-order valence-electron chi connectivity index (χ0n) is 11.8. The Morgan fingerprint density at radius 2 is 1.74 bits per heavy atom. The van der Waals surface area contributed by atoms with Crippen molar-refractivity contribution in [1.29, 1.82) is 0 Å². The summed E-state index contributed by atoms with van der Waals surface area (Å²) in [7, 11) is 0. The molecule has 1 aliphatic heterocycles. The quantitative estimate of drug-likeness (QED) is 0.604. The van der Waals surface area contributed by atoms with Crippen LogP contribution in [0.2, 0.25) is 0 Å². The van der Waals surface area contributed by atoms with Gasteiger partial charge in [0.05, 0.1) is 11.0 Å². The normalized spacial score (nSPS) is 12.6. The van der Waals surface area contributed by atoms with Crippen LogP contribution in [0.15, 0.2) is 33.0 Å². The molecule has 1 heterocycles. The molecule has 0 amide bonds. The molecule has 0 atom stereocenters. The van der Waals surface area contributed by atoms with Crippen LogP contribution < -0.4 is 10.6 Å². The van der Waals surface area contributed by atoms with Crippen molar-refractivity contribution in [2.45, 2.75) is 37.5 Å². The molecular formula is C17H17NS.